The topological polar surface area (TPSA) is 49.3 Å². The molecule has 2 rings (SSSR count). The molecule has 0 aromatic carbocycles. The third kappa shape index (κ3) is 2.10. The predicted molar refractivity (Wildman–Crippen MR) is 63.2 cm³/mol. The quantitative estimate of drug-likeness (QED) is 0.757. The largest absolute Gasteiger partial charge is 0.481 e. The average Bonchev–Trinajstić information content (AvgIpc) is 2.45. The van der Waals surface area contributed by atoms with Crippen LogP contribution in [0.1, 0.15) is 40.0 Å². The molecule has 1 saturated carbocycles. The summed E-state index contributed by atoms with van der Waals surface area (Å²) >= 11 is 0. The van der Waals surface area contributed by atoms with Gasteiger partial charge in [0.1, 0.15) is 0 Å². The van der Waals surface area contributed by atoms with Crippen molar-refractivity contribution in [3.8, 4) is 0 Å². The first kappa shape index (κ1) is 11.9. The molecule has 0 aromatic heterocycles. The smallest absolute Gasteiger partial charge is 0.303 e. The number of carboxylic acids is 1. The highest BCUT2D eigenvalue weighted by molar-refractivity contribution is 5.67. The highest BCUT2D eigenvalue weighted by atomic mass is 16.4. The van der Waals surface area contributed by atoms with Crippen LogP contribution in [0.3, 0.4) is 0 Å². The van der Waals surface area contributed by atoms with Crippen molar-refractivity contribution in [3.63, 3.8) is 0 Å². The van der Waals surface area contributed by atoms with E-state index in [9.17, 15) is 4.79 Å². The number of hydrogen-bond donors (Lipinski definition) is 2. The summed E-state index contributed by atoms with van der Waals surface area (Å²) in [6.45, 7) is 6.74. The molecule has 2 aliphatic rings. The number of carboxylic acid groups (broad SMARTS) is 1. The van der Waals surface area contributed by atoms with Crippen LogP contribution in [-0.4, -0.2) is 23.2 Å². The van der Waals surface area contributed by atoms with E-state index in [4.69, 9.17) is 5.11 Å². The molecule has 16 heavy (non-hydrogen) atoms. The van der Waals surface area contributed by atoms with Gasteiger partial charge in [-0.15, -0.1) is 0 Å². The van der Waals surface area contributed by atoms with Gasteiger partial charge in [0.25, 0.3) is 0 Å². The molecule has 0 bridgehead atoms. The Kier molecular flexibility index (Phi) is 3.24. The lowest BCUT2D eigenvalue weighted by Crippen LogP contribution is -2.40. The summed E-state index contributed by atoms with van der Waals surface area (Å²) in [6.07, 6.45) is 2.81. The van der Waals surface area contributed by atoms with Gasteiger partial charge in [-0.1, -0.05) is 13.8 Å². The van der Waals surface area contributed by atoms with Gasteiger partial charge >= 0.3 is 5.97 Å². The Morgan fingerprint density at radius 2 is 2.00 bits per heavy atom. The first-order chi connectivity index (χ1) is 7.49. The fourth-order valence-electron chi connectivity index (χ4n) is 3.97. The monoisotopic (exact) mass is 225 g/mol. The van der Waals surface area contributed by atoms with Crippen molar-refractivity contribution in [3.05, 3.63) is 0 Å². The van der Waals surface area contributed by atoms with E-state index in [2.05, 4.69) is 26.1 Å². The van der Waals surface area contributed by atoms with Gasteiger partial charge in [-0.25, -0.2) is 0 Å². The van der Waals surface area contributed by atoms with E-state index in [0.717, 1.165) is 5.92 Å². The Balaban J connectivity index is 2.11. The van der Waals surface area contributed by atoms with E-state index in [1.807, 2.05) is 0 Å². The molecule has 0 aromatic rings. The lowest BCUT2D eigenvalue weighted by molar-refractivity contribution is -0.138. The van der Waals surface area contributed by atoms with Crippen LogP contribution >= 0.6 is 0 Å². The molecule has 1 aliphatic carbocycles. The zero-order valence-electron chi connectivity index (χ0n) is 10.4. The van der Waals surface area contributed by atoms with Crippen LogP contribution in [0.4, 0.5) is 0 Å². The standard InChI is InChI=1S/C13H23NO2/c1-7-4-8(2)13-11(5-7)10(6-12(15)16)9(3)14-13/h7-11,13-14H,4-6H2,1-3H3,(H,15,16). The highest BCUT2D eigenvalue weighted by Crippen LogP contribution is 2.43. The fraction of sp³-hybridized carbons (Fsp3) is 0.923. The minimum atomic E-state index is -0.648. The van der Waals surface area contributed by atoms with Gasteiger partial charge in [0.15, 0.2) is 0 Å². The van der Waals surface area contributed by atoms with Gasteiger partial charge in [0, 0.05) is 18.5 Å². The summed E-state index contributed by atoms with van der Waals surface area (Å²) in [4.78, 5) is 10.9. The van der Waals surface area contributed by atoms with E-state index < -0.39 is 5.97 Å². The summed E-state index contributed by atoms with van der Waals surface area (Å²) in [5.41, 5.74) is 0. The molecule has 0 spiro atoms. The summed E-state index contributed by atoms with van der Waals surface area (Å²) in [6, 6.07) is 0.911. The van der Waals surface area contributed by atoms with Crippen LogP contribution in [0.5, 0.6) is 0 Å². The lowest BCUT2D eigenvalue weighted by Gasteiger charge is -2.37. The van der Waals surface area contributed by atoms with Crippen molar-refractivity contribution >= 4 is 5.97 Å². The molecule has 92 valence electrons. The minimum Gasteiger partial charge on any atom is -0.481 e. The normalized spacial score (nSPS) is 47.7. The summed E-state index contributed by atoms with van der Waals surface area (Å²) in [5, 5.41) is 12.6. The van der Waals surface area contributed by atoms with Crippen molar-refractivity contribution < 1.29 is 9.90 Å². The second-order valence-corrected chi connectivity index (χ2v) is 5.96. The van der Waals surface area contributed by atoms with Crippen molar-refractivity contribution in [1.29, 1.82) is 0 Å². The molecule has 6 atom stereocenters. The van der Waals surface area contributed by atoms with Crippen molar-refractivity contribution in [2.45, 2.75) is 52.1 Å². The van der Waals surface area contributed by atoms with Crippen LogP contribution < -0.4 is 5.32 Å². The number of rotatable bonds is 2. The Morgan fingerprint density at radius 3 is 2.62 bits per heavy atom. The minimum absolute atomic E-state index is 0.327. The summed E-state index contributed by atoms with van der Waals surface area (Å²) in [5.74, 6) is 1.69. The maximum atomic E-state index is 10.9. The van der Waals surface area contributed by atoms with E-state index in [-0.39, 0.29) is 0 Å². The number of aliphatic carboxylic acids is 1. The van der Waals surface area contributed by atoms with E-state index in [0.29, 0.717) is 36.3 Å². The Morgan fingerprint density at radius 1 is 1.31 bits per heavy atom. The van der Waals surface area contributed by atoms with Crippen molar-refractivity contribution in [1.82, 2.24) is 5.32 Å². The highest BCUT2D eigenvalue weighted by Gasteiger charge is 2.46. The zero-order valence-corrected chi connectivity index (χ0v) is 10.4. The average molecular weight is 225 g/mol. The number of nitrogens with one attached hydrogen (secondary N) is 1. The van der Waals surface area contributed by atoms with Gasteiger partial charge in [-0.2, -0.15) is 0 Å². The van der Waals surface area contributed by atoms with Gasteiger partial charge < -0.3 is 10.4 Å². The molecule has 3 nitrogen and oxygen atoms in total. The SMILES string of the molecule is CC1CC(C)C2NC(C)C(CC(=O)O)C2C1. The van der Waals surface area contributed by atoms with E-state index in [1.165, 1.54) is 12.8 Å². The predicted octanol–water partition coefficient (Wildman–Crippen LogP) is 2.12. The van der Waals surface area contributed by atoms with Crippen LogP contribution in [0, 0.1) is 23.7 Å². The van der Waals surface area contributed by atoms with Crippen LogP contribution in [0.25, 0.3) is 0 Å². The van der Waals surface area contributed by atoms with Gasteiger partial charge in [0.2, 0.25) is 0 Å². The molecule has 2 N–H and O–H groups in total. The number of carbonyl (C=O) groups is 1. The van der Waals surface area contributed by atoms with Gasteiger partial charge in [-0.05, 0) is 43.4 Å². The van der Waals surface area contributed by atoms with Crippen LogP contribution in [-0.2, 0) is 4.79 Å². The van der Waals surface area contributed by atoms with E-state index in [1.54, 1.807) is 0 Å². The molecule has 1 saturated heterocycles. The molecular weight excluding hydrogens is 202 g/mol. The molecule has 2 fully saturated rings. The molecule has 0 radical (unpaired) electrons. The van der Waals surface area contributed by atoms with Crippen LogP contribution in [0.2, 0.25) is 0 Å². The second kappa shape index (κ2) is 4.36. The van der Waals surface area contributed by atoms with Crippen molar-refractivity contribution in [2.24, 2.45) is 23.7 Å². The third-order valence-corrected chi connectivity index (χ3v) is 4.58. The first-order valence-electron chi connectivity index (χ1n) is 6.47. The van der Waals surface area contributed by atoms with Crippen molar-refractivity contribution in [2.75, 3.05) is 0 Å². The van der Waals surface area contributed by atoms with Crippen LogP contribution in [0.15, 0.2) is 0 Å². The number of fused-ring (bicyclic) bond motifs is 1. The molecule has 1 heterocycles. The zero-order chi connectivity index (χ0) is 11.9. The number of hydrogen-bond acceptors (Lipinski definition) is 2. The lowest BCUT2D eigenvalue weighted by atomic mass is 9.69. The summed E-state index contributed by atoms with van der Waals surface area (Å²) in [7, 11) is 0. The first-order valence-corrected chi connectivity index (χ1v) is 6.47. The fourth-order valence-corrected chi connectivity index (χ4v) is 3.97. The Labute approximate surface area is 97.6 Å². The van der Waals surface area contributed by atoms with E-state index >= 15 is 0 Å². The maximum absolute atomic E-state index is 10.9. The Bertz CT molecular complexity index is 279. The summed E-state index contributed by atoms with van der Waals surface area (Å²) < 4.78 is 0. The van der Waals surface area contributed by atoms with Gasteiger partial charge in [-0.3, -0.25) is 4.79 Å². The molecule has 0 amide bonds. The molecule has 1 aliphatic heterocycles. The third-order valence-electron chi connectivity index (χ3n) is 4.58. The molecule has 3 heteroatoms. The molecule has 6 unspecified atom stereocenters. The Hall–Kier alpha value is -0.570. The molecular formula is C13H23NO2. The van der Waals surface area contributed by atoms with Gasteiger partial charge in [0.05, 0.1) is 0 Å². The maximum Gasteiger partial charge on any atom is 0.303 e. The second-order valence-electron chi connectivity index (χ2n) is 5.96.